The molecule has 1 rings (SSSR count). The van der Waals surface area contributed by atoms with E-state index in [1.807, 2.05) is 26.2 Å². The molecule has 17 heavy (non-hydrogen) atoms. The molecule has 3 nitrogen and oxygen atoms in total. The fraction of sp³-hybridized carbons (Fsp3) is 0.692. The van der Waals surface area contributed by atoms with Gasteiger partial charge in [-0.05, 0) is 6.42 Å². The zero-order valence-electron chi connectivity index (χ0n) is 11.5. The Labute approximate surface area is 108 Å². The van der Waals surface area contributed by atoms with E-state index in [4.69, 9.17) is 0 Å². The molecule has 0 saturated carbocycles. The fourth-order valence-electron chi connectivity index (χ4n) is 1.10. The molecule has 0 spiro atoms. The Bertz CT molecular complexity index is 402. The van der Waals surface area contributed by atoms with E-state index in [9.17, 15) is 4.79 Å². The summed E-state index contributed by atoms with van der Waals surface area (Å²) in [5.41, 5.74) is 0.708. The molecule has 0 atom stereocenters. The quantitative estimate of drug-likeness (QED) is 0.891. The zero-order valence-corrected chi connectivity index (χ0v) is 12.4. The normalized spacial score (nSPS) is 12.6. The Balaban J connectivity index is 2.77. The molecule has 0 bridgehead atoms. The SMILES string of the molecule is CCC(C)(C)C(=O)Nc1nc(C(C)(C)C)cs1. The predicted molar refractivity (Wildman–Crippen MR) is 73.5 cm³/mol. The van der Waals surface area contributed by atoms with Crippen molar-refractivity contribution in [2.45, 2.75) is 53.4 Å². The summed E-state index contributed by atoms with van der Waals surface area (Å²) < 4.78 is 0. The largest absolute Gasteiger partial charge is 0.302 e. The monoisotopic (exact) mass is 254 g/mol. The molecule has 0 fully saturated rings. The summed E-state index contributed by atoms with van der Waals surface area (Å²) in [6.07, 6.45) is 0.816. The van der Waals surface area contributed by atoms with Crippen molar-refractivity contribution in [2.24, 2.45) is 5.41 Å². The van der Waals surface area contributed by atoms with Crippen molar-refractivity contribution >= 4 is 22.4 Å². The topological polar surface area (TPSA) is 42.0 Å². The van der Waals surface area contributed by atoms with Crippen molar-refractivity contribution in [2.75, 3.05) is 5.32 Å². The summed E-state index contributed by atoms with van der Waals surface area (Å²) in [5.74, 6) is 0.0369. The first-order valence-corrected chi connectivity index (χ1v) is 6.82. The minimum absolute atomic E-state index is 0.0275. The number of amides is 1. The van der Waals surface area contributed by atoms with Crippen molar-refractivity contribution in [3.05, 3.63) is 11.1 Å². The first-order chi connectivity index (χ1) is 7.66. The van der Waals surface area contributed by atoms with Crippen LogP contribution in [-0.2, 0) is 10.2 Å². The van der Waals surface area contributed by atoms with Gasteiger partial charge in [-0.15, -0.1) is 11.3 Å². The van der Waals surface area contributed by atoms with Gasteiger partial charge in [-0.25, -0.2) is 4.98 Å². The molecular formula is C13H22N2OS. The van der Waals surface area contributed by atoms with E-state index < -0.39 is 0 Å². The van der Waals surface area contributed by atoms with Crippen LogP contribution in [0.2, 0.25) is 0 Å². The van der Waals surface area contributed by atoms with Crippen LogP contribution in [0.4, 0.5) is 5.13 Å². The summed E-state index contributed by atoms with van der Waals surface area (Å²) in [4.78, 5) is 16.4. The van der Waals surface area contributed by atoms with Crippen molar-refractivity contribution in [3.8, 4) is 0 Å². The van der Waals surface area contributed by atoms with Crippen LogP contribution in [0.5, 0.6) is 0 Å². The third-order valence-electron chi connectivity index (χ3n) is 2.99. The summed E-state index contributed by atoms with van der Waals surface area (Å²) in [5, 5.41) is 5.60. The summed E-state index contributed by atoms with van der Waals surface area (Å²) in [6.45, 7) is 12.3. The molecule has 0 aromatic carbocycles. The molecule has 1 amide bonds. The predicted octanol–water partition coefficient (Wildman–Crippen LogP) is 3.82. The van der Waals surface area contributed by atoms with Gasteiger partial charge in [0.1, 0.15) is 0 Å². The maximum absolute atomic E-state index is 12.0. The molecule has 0 radical (unpaired) electrons. The summed E-state index contributed by atoms with van der Waals surface area (Å²) in [7, 11) is 0. The van der Waals surface area contributed by atoms with Crippen LogP contribution in [-0.4, -0.2) is 10.9 Å². The van der Waals surface area contributed by atoms with Gasteiger partial charge in [0, 0.05) is 16.2 Å². The van der Waals surface area contributed by atoms with E-state index in [0.29, 0.717) is 5.13 Å². The minimum atomic E-state index is -0.340. The van der Waals surface area contributed by atoms with Crippen LogP contribution in [0.15, 0.2) is 5.38 Å². The number of nitrogens with zero attached hydrogens (tertiary/aromatic N) is 1. The van der Waals surface area contributed by atoms with E-state index in [0.717, 1.165) is 12.1 Å². The van der Waals surface area contributed by atoms with Crippen LogP contribution in [0.1, 0.15) is 53.7 Å². The lowest BCUT2D eigenvalue weighted by molar-refractivity contribution is -0.124. The highest BCUT2D eigenvalue weighted by atomic mass is 32.1. The van der Waals surface area contributed by atoms with Gasteiger partial charge in [0.15, 0.2) is 5.13 Å². The van der Waals surface area contributed by atoms with Gasteiger partial charge >= 0.3 is 0 Å². The third-order valence-corrected chi connectivity index (χ3v) is 3.75. The number of rotatable bonds is 3. The number of hydrogen-bond acceptors (Lipinski definition) is 3. The fourth-order valence-corrected chi connectivity index (χ4v) is 2.03. The molecule has 0 aliphatic rings. The number of carbonyl (C=O) groups is 1. The third kappa shape index (κ3) is 3.53. The van der Waals surface area contributed by atoms with Crippen molar-refractivity contribution in [1.29, 1.82) is 0 Å². The lowest BCUT2D eigenvalue weighted by atomic mass is 9.89. The van der Waals surface area contributed by atoms with Crippen molar-refractivity contribution in [1.82, 2.24) is 4.98 Å². The summed E-state index contributed by atoms with van der Waals surface area (Å²) in [6, 6.07) is 0. The van der Waals surface area contributed by atoms with Gasteiger partial charge in [0.05, 0.1) is 5.69 Å². The van der Waals surface area contributed by atoms with Gasteiger partial charge in [-0.2, -0.15) is 0 Å². The highest BCUT2D eigenvalue weighted by Crippen LogP contribution is 2.28. The van der Waals surface area contributed by atoms with Crippen LogP contribution in [0, 0.1) is 5.41 Å². The first kappa shape index (κ1) is 14.2. The lowest BCUT2D eigenvalue weighted by Crippen LogP contribution is -2.30. The average Bonchev–Trinajstić information content (AvgIpc) is 2.65. The maximum Gasteiger partial charge on any atom is 0.231 e. The minimum Gasteiger partial charge on any atom is -0.302 e. The molecule has 4 heteroatoms. The number of thiazole rings is 1. The molecule has 0 aliphatic carbocycles. The number of nitrogens with one attached hydrogen (secondary N) is 1. The van der Waals surface area contributed by atoms with E-state index in [1.54, 1.807) is 0 Å². The van der Waals surface area contributed by atoms with Gasteiger partial charge < -0.3 is 5.32 Å². The molecule has 96 valence electrons. The highest BCUT2D eigenvalue weighted by molar-refractivity contribution is 7.13. The molecule has 1 aromatic rings. The van der Waals surface area contributed by atoms with E-state index >= 15 is 0 Å². The smallest absolute Gasteiger partial charge is 0.231 e. The van der Waals surface area contributed by atoms with Gasteiger partial charge in [-0.3, -0.25) is 4.79 Å². The Kier molecular flexibility index (Phi) is 3.97. The Morgan fingerprint density at radius 3 is 2.35 bits per heavy atom. The van der Waals surface area contributed by atoms with E-state index in [-0.39, 0.29) is 16.7 Å². The highest BCUT2D eigenvalue weighted by Gasteiger charge is 2.26. The zero-order chi connectivity index (χ0) is 13.3. The maximum atomic E-state index is 12.0. The van der Waals surface area contributed by atoms with Crippen molar-refractivity contribution < 1.29 is 4.79 Å². The van der Waals surface area contributed by atoms with Gasteiger partial charge in [-0.1, -0.05) is 41.5 Å². The van der Waals surface area contributed by atoms with Crippen LogP contribution in [0.25, 0.3) is 0 Å². The van der Waals surface area contributed by atoms with E-state index in [2.05, 4.69) is 31.1 Å². The molecule has 0 saturated heterocycles. The Hall–Kier alpha value is -0.900. The van der Waals surface area contributed by atoms with Crippen LogP contribution in [0.3, 0.4) is 0 Å². The van der Waals surface area contributed by atoms with Crippen LogP contribution >= 0.6 is 11.3 Å². The summed E-state index contributed by atoms with van der Waals surface area (Å²) >= 11 is 1.49. The second kappa shape index (κ2) is 4.77. The standard InChI is InChI=1S/C13H22N2OS/c1-7-13(5,6)10(16)15-11-14-9(8-17-11)12(2,3)4/h8H,7H2,1-6H3,(H,14,15,16). The first-order valence-electron chi connectivity index (χ1n) is 5.94. The lowest BCUT2D eigenvalue weighted by Gasteiger charge is -2.20. The molecule has 1 aromatic heterocycles. The Morgan fingerprint density at radius 1 is 1.35 bits per heavy atom. The number of anilines is 1. The number of aromatic nitrogens is 1. The molecule has 0 aliphatic heterocycles. The van der Waals surface area contributed by atoms with Crippen molar-refractivity contribution in [3.63, 3.8) is 0 Å². The number of hydrogen-bond donors (Lipinski definition) is 1. The Morgan fingerprint density at radius 2 is 1.94 bits per heavy atom. The second-order valence-corrected chi connectivity index (χ2v) is 6.84. The van der Waals surface area contributed by atoms with E-state index in [1.165, 1.54) is 11.3 Å². The average molecular weight is 254 g/mol. The van der Waals surface area contributed by atoms with Gasteiger partial charge in [0.25, 0.3) is 0 Å². The molecular weight excluding hydrogens is 232 g/mol. The molecule has 1 heterocycles. The number of carbonyl (C=O) groups excluding carboxylic acids is 1. The second-order valence-electron chi connectivity index (χ2n) is 5.98. The van der Waals surface area contributed by atoms with Crippen LogP contribution < -0.4 is 5.32 Å². The van der Waals surface area contributed by atoms with Gasteiger partial charge in [0.2, 0.25) is 5.91 Å². The molecule has 0 unspecified atom stereocenters. The molecule has 1 N–H and O–H groups in total.